The number of alkyl halides is 1. The molecule has 15 heavy (non-hydrogen) atoms. The smallest absolute Gasteiger partial charge is 0.132 e. The first-order chi connectivity index (χ1) is 7.33. The Balaban J connectivity index is 1.86. The highest BCUT2D eigenvalue weighted by atomic mass is 79.9. The van der Waals surface area contributed by atoms with Gasteiger partial charge in [-0.15, -0.1) is 0 Å². The van der Waals surface area contributed by atoms with Gasteiger partial charge in [0.05, 0.1) is 0 Å². The van der Waals surface area contributed by atoms with Crippen LogP contribution >= 0.6 is 15.9 Å². The predicted octanol–water partition coefficient (Wildman–Crippen LogP) is 2.97. The van der Waals surface area contributed by atoms with Crippen LogP contribution in [0.15, 0.2) is 18.3 Å². The Labute approximate surface area is 98.8 Å². The van der Waals surface area contributed by atoms with E-state index in [1.807, 2.05) is 12.3 Å². The van der Waals surface area contributed by atoms with Gasteiger partial charge in [-0.3, -0.25) is 0 Å². The second-order valence-electron chi connectivity index (χ2n) is 4.79. The fraction of sp³-hybridized carbons (Fsp3) is 0.583. The van der Waals surface area contributed by atoms with E-state index in [1.165, 1.54) is 43.7 Å². The lowest BCUT2D eigenvalue weighted by molar-refractivity contribution is 0.580. The van der Waals surface area contributed by atoms with E-state index in [2.05, 4.69) is 31.9 Å². The first-order valence-electron chi connectivity index (χ1n) is 5.58. The van der Waals surface area contributed by atoms with Gasteiger partial charge in [0.1, 0.15) is 5.82 Å². The van der Waals surface area contributed by atoms with Crippen molar-refractivity contribution >= 4 is 21.7 Å². The zero-order chi connectivity index (χ0) is 10.3. The predicted molar refractivity (Wildman–Crippen MR) is 65.4 cm³/mol. The van der Waals surface area contributed by atoms with Crippen LogP contribution in [-0.2, 0) is 5.33 Å². The monoisotopic (exact) mass is 266 g/mol. The summed E-state index contributed by atoms with van der Waals surface area (Å²) in [4.78, 5) is 6.98. The number of anilines is 1. The Bertz CT molecular complexity index is 374. The molecule has 0 amide bonds. The van der Waals surface area contributed by atoms with Crippen molar-refractivity contribution in [1.82, 2.24) is 4.98 Å². The van der Waals surface area contributed by atoms with E-state index in [0.29, 0.717) is 5.41 Å². The van der Waals surface area contributed by atoms with Crippen LogP contribution in [0.5, 0.6) is 0 Å². The molecule has 2 heterocycles. The minimum absolute atomic E-state index is 0.682. The molecule has 0 N–H and O–H groups in total. The summed E-state index contributed by atoms with van der Waals surface area (Å²) in [6.45, 7) is 2.42. The van der Waals surface area contributed by atoms with E-state index in [4.69, 9.17) is 0 Å². The van der Waals surface area contributed by atoms with Crippen molar-refractivity contribution in [2.75, 3.05) is 18.0 Å². The molecule has 3 heteroatoms. The molecular weight excluding hydrogens is 252 g/mol. The van der Waals surface area contributed by atoms with Gasteiger partial charge in [-0.1, -0.05) is 22.0 Å². The van der Waals surface area contributed by atoms with Crippen LogP contribution in [0.3, 0.4) is 0 Å². The van der Waals surface area contributed by atoms with Crippen molar-refractivity contribution < 1.29 is 0 Å². The van der Waals surface area contributed by atoms with Crippen LogP contribution in [0.2, 0.25) is 0 Å². The molecule has 2 aliphatic rings. The number of nitrogens with zero attached hydrogens (tertiary/aromatic N) is 2. The number of hydrogen-bond donors (Lipinski definition) is 0. The third-order valence-corrected chi connectivity index (χ3v) is 4.31. The zero-order valence-electron chi connectivity index (χ0n) is 8.75. The normalized spacial score (nSPS) is 22.3. The summed E-state index contributed by atoms with van der Waals surface area (Å²) >= 11 is 3.53. The highest BCUT2D eigenvalue weighted by Crippen LogP contribution is 2.53. The highest BCUT2D eigenvalue weighted by molar-refractivity contribution is 9.08. The molecule has 1 spiro atoms. The molecule has 0 unspecified atom stereocenters. The Morgan fingerprint density at radius 3 is 2.93 bits per heavy atom. The first kappa shape index (κ1) is 9.64. The number of rotatable bonds is 2. The molecule has 0 aromatic carbocycles. The molecule has 1 aliphatic heterocycles. The van der Waals surface area contributed by atoms with Gasteiger partial charge in [0.2, 0.25) is 0 Å². The minimum atomic E-state index is 0.682. The van der Waals surface area contributed by atoms with Crippen LogP contribution in [0, 0.1) is 5.41 Å². The maximum absolute atomic E-state index is 4.52. The van der Waals surface area contributed by atoms with Gasteiger partial charge < -0.3 is 4.90 Å². The third kappa shape index (κ3) is 1.67. The summed E-state index contributed by atoms with van der Waals surface area (Å²) in [6.07, 6.45) is 6.13. The molecule has 0 bridgehead atoms. The maximum Gasteiger partial charge on any atom is 0.132 e. The van der Waals surface area contributed by atoms with Crippen molar-refractivity contribution in [2.45, 2.75) is 24.6 Å². The lowest BCUT2D eigenvalue weighted by atomic mass is 10.1. The third-order valence-electron chi connectivity index (χ3n) is 3.71. The Kier molecular flexibility index (Phi) is 2.23. The summed E-state index contributed by atoms with van der Waals surface area (Å²) in [5.41, 5.74) is 2.00. The Morgan fingerprint density at radius 2 is 2.27 bits per heavy atom. The summed E-state index contributed by atoms with van der Waals surface area (Å²) in [5.74, 6) is 1.19. The quantitative estimate of drug-likeness (QED) is 0.766. The Morgan fingerprint density at radius 1 is 1.40 bits per heavy atom. The molecular formula is C12H15BrN2. The molecule has 1 aromatic rings. The standard InChI is InChI=1S/C12H15BrN2/c13-8-10-2-1-6-14-11(10)15-7-5-12(9-15)3-4-12/h1-2,6H,3-5,7-9H2. The van der Waals surface area contributed by atoms with E-state index >= 15 is 0 Å². The summed E-state index contributed by atoms with van der Waals surface area (Å²) < 4.78 is 0. The van der Waals surface area contributed by atoms with E-state index in [1.54, 1.807) is 0 Å². The first-order valence-corrected chi connectivity index (χ1v) is 6.70. The van der Waals surface area contributed by atoms with Crippen molar-refractivity contribution in [3.63, 3.8) is 0 Å². The zero-order valence-corrected chi connectivity index (χ0v) is 10.3. The van der Waals surface area contributed by atoms with E-state index in [-0.39, 0.29) is 0 Å². The van der Waals surface area contributed by atoms with E-state index in [0.717, 1.165) is 5.33 Å². The Hall–Kier alpha value is -0.570. The average molecular weight is 267 g/mol. The molecule has 1 aromatic heterocycles. The minimum Gasteiger partial charge on any atom is -0.356 e. The van der Waals surface area contributed by atoms with Gasteiger partial charge in [0, 0.05) is 30.2 Å². The molecule has 3 rings (SSSR count). The van der Waals surface area contributed by atoms with Gasteiger partial charge in [0.15, 0.2) is 0 Å². The fourth-order valence-corrected chi connectivity index (χ4v) is 2.96. The summed E-state index contributed by atoms with van der Waals surface area (Å²) in [5, 5.41) is 0.902. The fourth-order valence-electron chi connectivity index (χ4n) is 2.52. The molecule has 1 saturated carbocycles. The lowest BCUT2D eigenvalue weighted by Gasteiger charge is -2.19. The second-order valence-corrected chi connectivity index (χ2v) is 5.35. The lowest BCUT2D eigenvalue weighted by Crippen LogP contribution is -2.22. The molecule has 80 valence electrons. The van der Waals surface area contributed by atoms with Gasteiger partial charge >= 0.3 is 0 Å². The van der Waals surface area contributed by atoms with Crippen molar-refractivity contribution in [2.24, 2.45) is 5.41 Å². The van der Waals surface area contributed by atoms with Crippen LogP contribution in [-0.4, -0.2) is 18.1 Å². The number of halogens is 1. The summed E-state index contributed by atoms with van der Waals surface area (Å²) in [7, 11) is 0. The van der Waals surface area contributed by atoms with Gasteiger partial charge in [-0.05, 0) is 30.7 Å². The molecule has 1 aliphatic carbocycles. The SMILES string of the molecule is BrCc1cccnc1N1CCC2(CC2)C1. The molecule has 2 fully saturated rings. The van der Waals surface area contributed by atoms with Crippen molar-refractivity contribution in [3.05, 3.63) is 23.9 Å². The van der Waals surface area contributed by atoms with E-state index < -0.39 is 0 Å². The number of pyridine rings is 1. The van der Waals surface area contributed by atoms with Crippen LogP contribution < -0.4 is 4.90 Å². The number of hydrogen-bond acceptors (Lipinski definition) is 2. The van der Waals surface area contributed by atoms with Crippen LogP contribution in [0.4, 0.5) is 5.82 Å². The molecule has 2 nitrogen and oxygen atoms in total. The van der Waals surface area contributed by atoms with Crippen molar-refractivity contribution in [3.8, 4) is 0 Å². The van der Waals surface area contributed by atoms with Crippen LogP contribution in [0.25, 0.3) is 0 Å². The number of aromatic nitrogens is 1. The summed E-state index contributed by atoms with van der Waals surface area (Å²) in [6, 6.07) is 4.18. The van der Waals surface area contributed by atoms with Gasteiger partial charge in [0.25, 0.3) is 0 Å². The second kappa shape index (κ2) is 3.48. The average Bonchev–Trinajstić information content (AvgIpc) is 2.89. The highest BCUT2D eigenvalue weighted by Gasteiger charge is 2.48. The largest absolute Gasteiger partial charge is 0.356 e. The molecule has 1 saturated heterocycles. The van der Waals surface area contributed by atoms with Crippen molar-refractivity contribution in [1.29, 1.82) is 0 Å². The van der Waals surface area contributed by atoms with E-state index in [9.17, 15) is 0 Å². The molecule has 0 radical (unpaired) electrons. The van der Waals surface area contributed by atoms with Gasteiger partial charge in [-0.2, -0.15) is 0 Å². The van der Waals surface area contributed by atoms with Gasteiger partial charge in [-0.25, -0.2) is 4.98 Å². The topological polar surface area (TPSA) is 16.1 Å². The maximum atomic E-state index is 4.52. The van der Waals surface area contributed by atoms with Crippen LogP contribution in [0.1, 0.15) is 24.8 Å². The molecule has 0 atom stereocenters.